The van der Waals surface area contributed by atoms with E-state index in [1.807, 2.05) is 6.07 Å². The van der Waals surface area contributed by atoms with Crippen LogP contribution in [-0.4, -0.2) is 24.2 Å². The van der Waals surface area contributed by atoms with Gasteiger partial charge in [-0.15, -0.1) is 11.6 Å². The fourth-order valence-electron chi connectivity index (χ4n) is 1.45. The number of ketones is 1. The predicted octanol–water partition coefficient (Wildman–Crippen LogP) is 2.09. The van der Waals surface area contributed by atoms with E-state index in [1.165, 1.54) is 12.1 Å². The summed E-state index contributed by atoms with van der Waals surface area (Å²) in [6.07, 6.45) is 0.140. The highest BCUT2D eigenvalue weighted by Crippen LogP contribution is 2.14. The van der Waals surface area contributed by atoms with Crippen molar-refractivity contribution in [2.24, 2.45) is 0 Å². The minimum atomic E-state index is -0.561. The molecule has 1 aromatic carbocycles. The molecule has 0 saturated carbocycles. The molecule has 94 valence electrons. The summed E-state index contributed by atoms with van der Waals surface area (Å²) in [5.41, 5.74) is 1.05. The Balaban J connectivity index is 3.06. The lowest BCUT2D eigenvalue weighted by atomic mass is 10.0. The first kappa shape index (κ1) is 14.2. The predicted molar refractivity (Wildman–Crippen MR) is 66.5 cm³/mol. The molecule has 0 heterocycles. The number of Topliss-reactive ketones (excluding diaryl/α,β-unsaturated/α-hetero) is 1. The van der Waals surface area contributed by atoms with Gasteiger partial charge in [0.2, 0.25) is 0 Å². The highest BCUT2D eigenvalue weighted by Gasteiger charge is 2.14. The number of rotatable bonds is 5. The van der Waals surface area contributed by atoms with Gasteiger partial charge < -0.3 is 4.74 Å². The van der Waals surface area contributed by atoms with Crippen LogP contribution in [0.2, 0.25) is 0 Å². The number of nitrogens with zero attached hydrogens (tertiary/aromatic N) is 1. The van der Waals surface area contributed by atoms with E-state index in [4.69, 9.17) is 21.6 Å². The summed E-state index contributed by atoms with van der Waals surface area (Å²) in [6, 6.07) is 6.55. The van der Waals surface area contributed by atoms with Crippen molar-refractivity contribution in [3.63, 3.8) is 0 Å². The molecule has 0 unspecified atom stereocenters. The molecule has 0 aliphatic heterocycles. The summed E-state index contributed by atoms with van der Waals surface area (Å²) in [5, 5.41) is 8.91. The van der Waals surface area contributed by atoms with Crippen molar-refractivity contribution in [3.8, 4) is 6.07 Å². The maximum absolute atomic E-state index is 11.6. The van der Waals surface area contributed by atoms with Crippen LogP contribution in [0.5, 0.6) is 0 Å². The molecule has 0 atom stereocenters. The second-order valence-electron chi connectivity index (χ2n) is 3.56. The Morgan fingerprint density at radius 3 is 2.72 bits per heavy atom. The van der Waals surface area contributed by atoms with Crippen molar-refractivity contribution >= 4 is 23.4 Å². The smallest absolute Gasteiger partial charge is 0.339 e. The van der Waals surface area contributed by atoms with E-state index in [0.717, 1.165) is 0 Å². The summed E-state index contributed by atoms with van der Waals surface area (Å²) in [6.45, 7) is 1.92. The van der Waals surface area contributed by atoms with E-state index < -0.39 is 5.97 Å². The number of carbonyl (C=O) groups excluding carboxylic acids is 2. The molecule has 0 aliphatic rings. The first-order chi connectivity index (χ1) is 8.62. The normalized spacial score (nSPS) is 9.61. The molecule has 18 heavy (non-hydrogen) atoms. The highest BCUT2D eigenvalue weighted by atomic mass is 35.5. The monoisotopic (exact) mass is 265 g/mol. The molecule has 0 saturated heterocycles. The molecular formula is C13H12ClNO3. The fourth-order valence-corrected chi connectivity index (χ4v) is 1.55. The molecule has 0 bridgehead atoms. The van der Waals surface area contributed by atoms with E-state index in [0.29, 0.717) is 5.56 Å². The molecule has 0 fully saturated rings. The highest BCUT2D eigenvalue weighted by molar-refractivity contribution is 6.27. The number of nitriles is 1. The van der Waals surface area contributed by atoms with Crippen LogP contribution in [0.15, 0.2) is 18.2 Å². The van der Waals surface area contributed by atoms with Gasteiger partial charge in [0.25, 0.3) is 0 Å². The number of hydrogen-bond donors (Lipinski definition) is 0. The van der Waals surface area contributed by atoms with E-state index >= 15 is 0 Å². The average molecular weight is 266 g/mol. The molecule has 0 N–H and O–H groups in total. The van der Waals surface area contributed by atoms with Gasteiger partial charge in [0.05, 0.1) is 23.6 Å². The molecule has 0 spiro atoms. The van der Waals surface area contributed by atoms with Crippen LogP contribution in [0.4, 0.5) is 0 Å². The zero-order valence-electron chi connectivity index (χ0n) is 9.90. The van der Waals surface area contributed by atoms with Crippen LogP contribution in [0.3, 0.4) is 0 Å². The third-order valence-corrected chi connectivity index (χ3v) is 2.55. The van der Waals surface area contributed by atoms with Crippen molar-refractivity contribution in [3.05, 3.63) is 34.9 Å². The number of hydrogen-bond acceptors (Lipinski definition) is 4. The summed E-state index contributed by atoms with van der Waals surface area (Å²) in [5.74, 6) is -0.778. The molecular weight excluding hydrogens is 254 g/mol. The van der Waals surface area contributed by atoms with Gasteiger partial charge in [-0.1, -0.05) is 6.07 Å². The molecule has 0 aromatic heterocycles. The van der Waals surface area contributed by atoms with Gasteiger partial charge in [-0.05, 0) is 24.6 Å². The summed E-state index contributed by atoms with van der Waals surface area (Å²) < 4.78 is 4.86. The Kier molecular flexibility index (Phi) is 5.34. The van der Waals surface area contributed by atoms with E-state index in [-0.39, 0.29) is 35.8 Å². The van der Waals surface area contributed by atoms with Gasteiger partial charge in [0.1, 0.15) is 6.07 Å². The lowest BCUT2D eigenvalue weighted by Gasteiger charge is -2.06. The number of alkyl halides is 1. The lowest BCUT2D eigenvalue weighted by Crippen LogP contribution is -2.09. The SMILES string of the molecule is CCOC(=O)c1cc(CC(=O)CCl)ccc1C#N. The molecule has 0 radical (unpaired) electrons. The molecule has 4 nitrogen and oxygen atoms in total. The molecule has 1 rings (SSSR count). The maximum atomic E-state index is 11.6. The number of carbonyl (C=O) groups is 2. The Hall–Kier alpha value is -1.86. The second kappa shape index (κ2) is 6.77. The van der Waals surface area contributed by atoms with Gasteiger partial charge in [0, 0.05) is 6.42 Å². The Labute approximate surface area is 110 Å². The van der Waals surface area contributed by atoms with Crippen LogP contribution in [-0.2, 0) is 16.0 Å². The summed E-state index contributed by atoms with van der Waals surface area (Å²) >= 11 is 5.42. The Bertz CT molecular complexity index is 505. The topological polar surface area (TPSA) is 67.2 Å². The van der Waals surface area contributed by atoms with Crippen LogP contribution < -0.4 is 0 Å². The molecule has 0 aliphatic carbocycles. The number of benzene rings is 1. The van der Waals surface area contributed by atoms with Gasteiger partial charge in [-0.2, -0.15) is 5.26 Å². The van der Waals surface area contributed by atoms with Crippen molar-refractivity contribution in [2.75, 3.05) is 12.5 Å². The minimum absolute atomic E-state index is 0.0747. The molecule has 0 amide bonds. The standard InChI is InChI=1S/C13H12ClNO3/c1-2-18-13(17)12-6-9(5-11(16)7-14)3-4-10(12)8-15/h3-4,6H,2,5,7H2,1H3. The van der Waals surface area contributed by atoms with Crippen molar-refractivity contribution in [2.45, 2.75) is 13.3 Å². The largest absolute Gasteiger partial charge is 0.462 e. The third-order valence-electron chi connectivity index (χ3n) is 2.25. The zero-order valence-corrected chi connectivity index (χ0v) is 10.7. The van der Waals surface area contributed by atoms with Crippen molar-refractivity contribution in [1.82, 2.24) is 0 Å². The van der Waals surface area contributed by atoms with Crippen molar-refractivity contribution < 1.29 is 14.3 Å². The lowest BCUT2D eigenvalue weighted by molar-refractivity contribution is -0.116. The maximum Gasteiger partial charge on any atom is 0.339 e. The first-order valence-electron chi connectivity index (χ1n) is 5.40. The molecule has 1 aromatic rings. The number of ether oxygens (including phenoxy) is 1. The minimum Gasteiger partial charge on any atom is -0.462 e. The zero-order chi connectivity index (χ0) is 13.5. The first-order valence-corrected chi connectivity index (χ1v) is 5.93. The molecule has 5 heteroatoms. The van der Waals surface area contributed by atoms with Gasteiger partial charge >= 0.3 is 5.97 Å². The quantitative estimate of drug-likeness (QED) is 0.604. The second-order valence-corrected chi connectivity index (χ2v) is 3.83. The van der Waals surface area contributed by atoms with Gasteiger partial charge in [-0.25, -0.2) is 4.79 Å². The van der Waals surface area contributed by atoms with E-state index in [2.05, 4.69) is 0 Å². The average Bonchev–Trinajstić information content (AvgIpc) is 2.38. The van der Waals surface area contributed by atoms with Crippen LogP contribution >= 0.6 is 11.6 Å². The fraction of sp³-hybridized carbons (Fsp3) is 0.308. The summed E-state index contributed by atoms with van der Waals surface area (Å²) in [4.78, 5) is 22.9. The van der Waals surface area contributed by atoms with Crippen LogP contribution in [0.25, 0.3) is 0 Å². The number of halogens is 1. The summed E-state index contributed by atoms with van der Waals surface area (Å²) in [7, 11) is 0. The van der Waals surface area contributed by atoms with Crippen LogP contribution in [0.1, 0.15) is 28.4 Å². The van der Waals surface area contributed by atoms with Crippen LogP contribution in [0, 0.1) is 11.3 Å². The third kappa shape index (κ3) is 3.57. The van der Waals surface area contributed by atoms with Gasteiger partial charge in [-0.3, -0.25) is 4.79 Å². The number of esters is 1. The van der Waals surface area contributed by atoms with E-state index in [9.17, 15) is 9.59 Å². The van der Waals surface area contributed by atoms with Crippen molar-refractivity contribution in [1.29, 1.82) is 5.26 Å². The Morgan fingerprint density at radius 2 is 2.17 bits per heavy atom. The Morgan fingerprint density at radius 1 is 1.44 bits per heavy atom. The van der Waals surface area contributed by atoms with Gasteiger partial charge in [0.15, 0.2) is 5.78 Å². The van der Waals surface area contributed by atoms with E-state index in [1.54, 1.807) is 13.0 Å².